The molecule has 1 aromatic carbocycles. The van der Waals surface area contributed by atoms with Crippen LogP contribution in [0.3, 0.4) is 0 Å². The number of nitrogens with zero attached hydrogens (tertiary/aromatic N) is 2. The summed E-state index contributed by atoms with van der Waals surface area (Å²) in [5.41, 5.74) is 4.66. The number of amides is 3. The van der Waals surface area contributed by atoms with Crippen molar-refractivity contribution in [3.05, 3.63) is 47.0 Å². The van der Waals surface area contributed by atoms with Crippen LogP contribution in [0, 0.1) is 36.0 Å². The number of imide groups is 1. The number of benzene rings is 1. The third-order valence-corrected chi connectivity index (χ3v) is 12.7. The van der Waals surface area contributed by atoms with Crippen molar-refractivity contribution >= 4 is 11.9 Å². The Balaban J connectivity index is 1.09. The van der Waals surface area contributed by atoms with Gasteiger partial charge < -0.3 is 10.0 Å². The molecule has 4 aliphatic rings. The molecule has 3 aliphatic carbocycles. The van der Waals surface area contributed by atoms with Crippen LogP contribution >= 0.6 is 0 Å². The van der Waals surface area contributed by atoms with E-state index in [1.165, 1.54) is 42.6 Å². The first-order valence-electron chi connectivity index (χ1n) is 18.1. The van der Waals surface area contributed by atoms with Crippen molar-refractivity contribution in [2.45, 2.75) is 149 Å². The average Bonchev–Trinajstić information content (AvgIpc) is 3.41. The summed E-state index contributed by atoms with van der Waals surface area (Å²) in [5, 5.41) is 11.0. The standard InChI is InChI=1S/C39H60N2O3/c1-7-15-29(37(43)41-28(4)27(3)40(6)38(41)44)16-13-11-9-8-10-12-14-17-30-25-31-24-26(2)18-19-32(31)33-22-23-39(5)34(36(30)33)20-21-35(39)42/h12,14,18-19,24,27-30,33-36,42H,7-11,13,15-17,20-23,25H2,1-6H3/t27-,28+,29-,30?,33?,34?,35-,36?,39-/m0/s1. The van der Waals surface area contributed by atoms with Crippen LogP contribution in [0.5, 0.6) is 0 Å². The quantitative estimate of drug-likeness (QED) is 0.192. The highest BCUT2D eigenvalue weighted by atomic mass is 16.3. The monoisotopic (exact) mass is 604 g/mol. The average molecular weight is 605 g/mol. The molecule has 0 bridgehead atoms. The van der Waals surface area contributed by atoms with E-state index in [2.05, 4.69) is 51.1 Å². The maximum absolute atomic E-state index is 13.3. The van der Waals surface area contributed by atoms with E-state index in [4.69, 9.17) is 0 Å². The number of carbonyl (C=O) groups is 2. The SMILES string of the molecule is CCC[C@@H](CCCCCCC=CCC1Cc2cc(C)ccc2C2CC[C@@]3(C)C(CC[C@@H]3O)C12)C(=O)N1C(=O)N(C)[C@@H](C)[C@H]1C. The minimum absolute atomic E-state index is 0.0385. The van der Waals surface area contributed by atoms with E-state index < -0.39 is 0 Å². The van der Waals surface area contributed by atoms with Gasteiger partial charge >= 0.3 is 6.03 Å². The Labute approximate surface area is 267 Å². The van der Waals surface area contributed by atoms with Gasteiger partial charge in [-0.15, -0.1) is 0 Å². The van der Waals surface area contributed by atoms with Crippen molar-refractivity contribution in [1.29, 1.82) is 0 Å². The first kappa shape index (κ1) is 33.2. The Bertz CT molecular complexity index is 1190. The highest BCUT2D eigenvalue weighted by Crippen LogP contribution is 2.62. The molecule has 5 rings (SSSR count). The number of hydrogen-bond donors (Lipinski definition) is 1. The molecule has 5 nitrogen and oxygen atoms in total. The summed E-state index contributed by atoms with van der Waals surface area (Å²) < 4.78 is 0. The molecular weight excluding hydrogens is 544 g/mol. The number of hydrogen-bond acceptors (Lipinski definition) is 3. The topological polar surface area (TPSA) is 60.9 Å². The van der Waals surface area contributed by atoms with Crippen molar-refractivity contribution in [1.82, 2.24) is 9.80 Å². The van der Waals surface area contributed by atoms with Crippen LogP contribution in [0.25, 0.3) is 0 Å². The molecule has 3 amide bonds. The third-order valence-electron chi connectivity index (χ3n) is 12.7. The van der Waals surface area contributed by atoms with Gasteiger partial charge in [-0.1, -0.05) is 75.4 Å². The minimum atomic E-state index is -0.135. The van der Waals surface area contributed by atoms with Gasteiger partial charge in [0.25, 0.3) is 0 Å². The van der Waals surface area contributed by atoms with Crippen molar-refractivity contribution < 1.29 is 14.7 Å². The molecule has 1 saturated heterocycles. The fourth-order valence-corrected chi connectivity index (χ4v) is 9.80. The van der Waals surface area contributed by atoms with E-state index in [0.717, 1.165) is 57.8 Å². The van der Waals surface area contributed by atoms with Crippen molar-refractivity contribution in [3.63, 3.8) is 0 Å². The van der Waals surface area contributed by atoms with Crippen LogP contribution in [0.2, 0.25) is 0 Å². The second-order valence-electron chi connectivity index (χ2n) is 15.4. The van der Waals surface area contributed by atoms with E-state index in [0.29, 0.717) is 23.7 Å². The largest absolute Gasteiger partial charge is 0.393 e. The number of carbonyl (C=O) groups excluding carboxylic acids is 2. The number of fused-ring (bicyclic) bond motifs is 5. The zero-order chi connectivity index (χ0) is 31.6. The lowest BCUT2D eigenvalue weighted by molar-refractivity contribution is -0.133. The number of allylic oxidation sites excluding steroid dienone is 2. The second-order valence-corrected chi connectivity index (χ2v) is 15.4. The van der Waals surface area contributed by atoms with Gasteiger partial charge in [0.15, 0.2) is 0 Å². The van der Waals surface area contributed by atoms with Gasteiger partial charge in [-0.05, 0) is 125 Å². The molecule has 0 spiro atoms. The third kappa shape index (κ3) is 6.42. The molecule has 1 aromatic rings. The van der Waals surface area contributed by atoms with Gasteiger partial charge in [-0.25, -0.2) is 4.79 Å². The molecule has 1 N–H and O–H groups in total. The Morgan fingerprint density at radius 2 is 1.84 bits per heavy atom. The number of urea groups is 1. The van der Waals surface area contributed by atoms with Crippen LogP contribution < -0.4 is 0 Å². The number of rotatable bonds is 12. The van der Waals surface area contributed by atoms with Gasteiger partial charge in [0.1, 0.15) is 0 Å². The molecule has 9 atom stereocenters. The number of aliphatic hydroxyl groups excluding tert-OH is 1. The van der Waals surface area contributed by atoms with E-state index >= 15 is 0 Å². The maximum Gasteiger partial charge on any atom is 0.327 e. The maximum atomic E-state index is 13.3. The van der Waals surface area contributed by atoms with Gasteiger partial charge in [-0.3, -0.25) is 9.69 Å². The van der Waals surface area contributed by atoms with Gasteiger partial charge in [0.05, 0.1) is 18.2 Å². The lowest BCUT2D eigenvalue weighted by Crippen LogP contribution is -2.47. The van der Waals surface area contributed by atoms with E-state index in [1.807, 2.05) is 13.8 Å². The molecule has 44 heavy (non-hydrogen) atoms. The van der Waals surface area contributed by atoms with E-state index in [-0.39, 0.29) is 41.5 Å². The van der Waals surface area contributed by atoms with E-state index in [1.54, 1.807) is 23.1 Å². The fraction of sp³-hybridized carbons (Fsp3) is 0.744. The van der Waals surface area contributed by atoms with Crippen LogP contribution in [0.15, 0.2) is 30.4 Å². The first-order valence-corrected chi connectivity index (χ1v) is 18.1. The molecule has 4 unspecified atom stereocenters. The molecule has 1 aliphatic heterocycles. The predicted octanol–water partition coefficient (Wildman–Crippen LogP) is 8.81. The number of unbranched alkanes of at least 4 members (excludes halogenated alkanes) is 4. The number of aryl methyl sites for hydroxylation is 1. The Morgan fingerprint density at radius 1 is 1.07 bits per heavy atom. The molecule has 0 aromatic heterocycles. The summed E-state index contributed by atoms with van der Waals surface area (Å²) in [6, 6.07) is 7.05. The van der Waals surface area contributed by atoms with Crippen LogP contribution in [0.1, 0.15) is 134 Å². The molecule has 2 saturated carbocycles. The highest BCUT2D eigenvalue weighted by molar-refractivity contribution is 5.97. The summed E-state index contributed by atoms with van der Waals surface area (Å²) in [5.74, 6) is 2.65. The second kappa shape index (κ2) is 14.1. The van der Waals surface area contributed by atoms with Crippen LogP contribution in [-0.4, -0.2) is 52.1 Å². The van der Waals surface area contributed by atoms with Crippen LogP contribution in [0.4, 0.5) is 4.79 Å². The summed E-state index contributed by atoms with van der Waals surface area (Å²) >= 11 is 0. The molecule has 1 heterocycles. The lowest BCUT2D eigenvalue weighted by atomic mass is 9.52. The Hall–Kier alpha value is -2.14. The normalized spacial score (nSPS) is 33.9. The van der Waals surface area contributed by atoms with Crippen molar-refractivity contribution in [2.24, 2.45) is 29.1 Å². The van der Waals surface area contributed by atoms with Crippen molar-refractivity contribution in [3.8, 4) is 0 Å². The zero-order valence-electron chi connectivity index (χ0n) is 28.6. The zero-order valence-corrected chi connectivity index (χ0v) is 28.6. The van der Waals surface area contributed by atoms with Crippen molar-refractivity contribution in [2.75, 3.05) is 7.05 Å². The Kier molecular flexibility index (Phi) is 10.6. The van der Waals surface area contributed by atoms with E-state index in [9.17, 15) is 14.7 Å². The number of aliphatic hydroxyl groups is 1. The lowest BCUT2D eigenvalue weighted by Gasteiger charge is -2.53. The minimum Gasteiger partial charge on any atom is -0.393 e. The highest BCUT2D eigenvalue weighted by Gasteiger charge is 2.56. The molecule has 0 radical (unpaired) electrons. The summed E-state index contributed by atoms with van der Waals surface area (Å²) in [4.78, 5) is 29.3. The summed E-state index contributed by atoms with van der Waals surface area (Å²) in [6.45, 7) is 10.8. The molecule has 5 heteroatoms. The Morgan fingerprint density at radius 3 is 2.57 bits per heavy atom. The number of likely N-dealkylation sites (N-methyl/N-ethyl adjacent to an activating group) is 1. The van der Waals surface area contributed by atoms with Gasteiger partial charge in [0.2, 0.25) is 5.91 Å². The predicted molar refractivity (Wildman–Crippen MR) is 179 cm³/mol. The van der Waals surface area contributed by atoms with Gasteiger partial charge in [0, 0.05) is 13.0 Å². The molecular formula is C39H60N2O3. The van der Waals surface area contributed by atoms with Gasteiger partial charge in [-0.2, -0.15) is 0 Å². The first-order chi connectivity index (χ1) is 21.1. The summed E-state index contributed by atoms with van der Waals surface area (Å²) in [7, 11) is 1.80. The smallest absolute Gasteiger partial charge is 0.327 e. The fourth-order valence-electron chi connectivity index (χ4n) is 9.80. The molecule has 3 fully saturated rings. The molecule has 244 valence electrons. The van der Waals surface area contributed by atoms with Crippen LogP contribution in [-0.2, 0) is 11.2 Å². The summed E-state index contributed by atoms with van der Waals surface area (Å²) in [6.07, 6.45) is 20.1.